The molecule has 2 aromatic carbocycles. The fraction of sp³-hybridized carbons (Fsp3) is 0.211. The number of hydrogen-bond acceptors (Lipinski definition) is 5. The van der Waals surface area contributed by atoms with E-state index in [-0.39, 0.29) is 4.90 Å². The Morgan fingerprint density at radius 2 is 1.67 bits per heavy atom. The summed E-state index contributed by atoms with van der Waals surface area (Å²) in [5, 5.41) is 3.84. The zero-order valence-corrected chi connectivity index (χ0v) is 17.4. The molecule has 0 bridgehead atoms. The Bertz CT molecular complexity index is 999. The van der Waals surface area contributed by atoms with Gasteiger partial charge in [-0.3, -0.25) is 0 Å². The van der Waals surface area contributed by atoms with Gasteiger partial charge in [-0.15, -0.1) is 0 Å². The highest BCUT2D eigenvalue weighted by Gasteiger charge is 2.21. The molecule has 0 radical (unpaired) electrons. The minimum atomic E-state index is -3.46. The Morgan fingerprint density at radius 1 is 1.04 bits per heavy atom. The highest BCUT2D eigenvalue weighted by Crippen LogP contribution is 2.36. The van der Waals surface area contributed by atoms with E-state index in [9.17, 15) is 8.42 Å². The molecule has 3 rings (SSSR count). The van der Waals surface area contributed by atoms with Gasteiger partial charge in [0.2, 0.25) is 10.0 Å². The molecule has 8 heteroatoms. The van der Waals surface area contributed by atoms with E-state index in [4.69, 9.17) is 11.6 Å². The first-order chi connectivity index (χ1) is 13.0. The summed E-state index contributed by atoms with van der Waals surface area (Å²) in [5.41, 5.74) is 2.43. The summed E-state index contributed by atoms with van der Waals surface area (Å²) in [6.45, 7) is 4.54. The van der Waals surface area contributed by atoms with Crippen molar-refractivity contribution >= 4 is 43.8 Å². The lowest BCUT2D eigenvalue weighted by atomic mass is 10.2. The number of hydrogen-bond donors (Lipinski definition) is 1. The quantitative estimate of drug-likeness (QED) is 0.566. The van der Waals surface area contributed by atoms with Gasteiger partial charge in [-0.1, -0.05) is 67.1 Å². The van der Waals surface area contributed by atoms with Crippen LogP contribution in [0.3, 0.4) is 0 Å². The normalized spacial score (nSPS) is 11.7. The van der Waals surface area contributed by atoms with E-state index >= 15 is 0 Å². The van der Waals surface area contributed by atoms with E-state index in [2.05, 4.69) is 10.3 Å². The molecule has 0 spiro atoms. The second-order valence-corrected chi connectivity index (χ2v) is 9.29. The molecule has 142 valence electrons. The number of anilines is 2. The summed E-state index contributed by atoms with van der Waals surface area (Å²) in [4.78, 5) is 4.83. The van der Waals surface area contributed by atoms with Gasteiger partial charge >= 0.3 is 0 Å². The average Bonchev–Trinajstić information content (AvgIpc) is 3.04. The SMILES string of the molecule is CCN(CC)S(=O)(=O)c1ccc(Nc2nc(-c3ccccc3)c(Cl)s2)cc1. The standard InChI is InChI=1S/C19H20ClN3O2S2/c1-3-23(4-2)27(24,25)16-12-10-15(11-13-16)21-19-22-17(18(20)26-19)14-8-6-5-7-9-14/h5-13H,3-4H2,1-2H3,(H,21,22). The first-order valence-corrected chi connectivity index (χ1v) is 11.2. The molecule has 0 atom stereocenters. The second kappa shape index (κ2) is 8.39. The molecule has 1 heterocycles. The van der Waals surface area contributed by atoms with Crippen molar-refractivity contribution in [1.29, 1.82) is 0 Å². The Morgan fingerprint density at radius 3 is 2.26 bits per heavy atom. The fourth-order valence-corrected chi connectivity index (χ4v) is 5.24. The van der Waals surface area contributed by atoms with Crippen LogP contribution >= 0.6 is 22.9 Å². The number of thiazole rings is 1. The van der Waals surface area contributed by atoms with Crippen LogP contribution in [-0.2, 0) is 10.0 Å². The Hall–Kier alpha value is -1.93. The predicted molar refractivity (Wildman–Crippen MR) is 112 cm³/mol. The number of sulfonamides is 1. The summed E-state index contributed by atoms with van der Waals surface area (Å²) < 4.78 is 27.1. The molecule has 0 aliphatic rings. The van der Waals surface area contributed by atoms with E-state index in [1.165, 1.54) is 15.6 Å². The first-order valence-electron chi connectivity index (χ1n) is 8.54. The molecule has 0 saturated carbocycles. The third-order valence-electron chi connectivity index (χ3n) is 4.08. The topological polar surface area (TPSA) is 62.3 Å². The number of nitrogens with zero attached hydrogens (tertiary/aromatic N) is 2. The van der Waals surface area contributed by atoms with Crippen LogP contribution in [0.25, 0.3) is 11.3 Å². The molecule has 0 aliphatic heterocycles. The molecular formula is C19H20ClN3O2S2. The van der Waals surface area contributed by atoms with Gasteiger partial charge in [-0.25, -0.2) is 13.4 Å². The van der Waals surface area contributed by atoms with Crippen molar-refractivity contribution in [3.8, 4) is 11.3 Å². The van der Waals surface area contributed by atoms with Crippen LogP contribution in [0.1, 0.15) is 13.8 Å². The van der Waals surface area contributed by atoms with Crippen molar-refractivity contribution in [2.24, 2.45) is 0 Å². The smallest absolute Gasteiger partial charge is 0.243 e. The van der Waals surface area contributed by atoms with Crippen molar-refractivity contribution in [2.45, 2.75) is 18.7 Å². The van der Waals surface area contributed by atoms with Gasteiger partial charge in [0.15, 0.2) is 5.13 Å². The number of benzene rings is 2. The van der Waals surface area contributed by atoms with Crippen LogP contribution < -0.4 is 5.32 Å². The lowest BCUT2D eigenvalue weighted by Crippen LogP contribution is -2.30. The summed E-state index contributed by atoms with van der Waals surface area (Å²) in [6, 6.07) is 16.4. The third-order valence-corrected chi connectivity index (χ3v) is 7.32. The van der Waals surface area contributed by atoms with Crippen LogP contribution in [-0.4, -0.2) is 30.8 Å². The van der Waals surface area contributed by atoms with Gasteiger partial charge in [0, 0.05) is 24.3 Å². The van der Waals surface area contributed by atoms with E-state index in [1.807, 2.05) is 44.2 Å². The fourth-order valence-electron chi connectivity index (χ4n) is 2.68. The van der Waals surface area contributed by atoms with Crippen molar-refractivity contribution in [3.05, 3.63) is 58.9 Å². The van der Waals surface area contributed by atoms with E-state index < -0.39 is 10.0 Å². The van der Waals surface area contributed by atoms with E-state index in [0.29, 0.717) is 22.6 Å². The second-order valence-electron chi connectivity index (χ2n) is 5.75. The van der Waals surface area contributed by atoms with Gasteiger partial charge in [0.25, 0.3) is 0 Å². The zero-order valence-electron chi connectivity index (χ0n) is 15.0. The maximum absolute atomic E-state index is 12.5. The number of halogens is 1. The molecule has 0 aliphatic carbocycles. The van der Waals surface area contributed by atoms with Gasteiger partial charge < -0.3 is 5.32 Å². The molecule has 0 unspecified atom stereocenters. The molecule has 0 fully saturated rings. The summed E-state index contributed by atoms with van der Waals surface area (Å²) in [5.74, 6) is 0. The van der Waals surface area contributed by atoms with Gasteiger partial charge in [-0.05, 0) is 24.3 Å². The van der Waals surface area contributed by atoms with Crippen LogP contribution in [0.4, 0.5) is 10.8 Å². The zero-order chi connectivity index (χ0) is 19.4. The molecule has 5 nitrogen and oxygen atoms in total. The van der Waals surface area contributed by atoms with Crippen LogP contribution in [0.15, 0.2) is 59.5 Å². The van der Waals surface area contributed by atoms with Gasteiger partial charge in [0.1, 0.15) is 10.0 Å². The van der Waals surface area contributed by atoms with E-state index in [0.717, 1.165) is 16.9 Å². The average molecular weight is 422 g/mol. The van der Waals surface area contributed by atoms with Crippen LogP contribution in [0, 0.1) is 0 Å². The predicted octanol–water partition coefficient (Wildman–Crippen LogP) is 5.24. The summed E-state index contributed by atoms with van der Waals surface area (Å²) in [7, 11) is -3.46. The third kappa shape index (κ3) is 4.32. The molecule has 1 aromatic heterocycles. The van der Waals surface area contributed by atoms with Crippen molar-refractivity contribution in [3.63, 3.8) is 0 Å². The molecule has 3 aromatic rings. The van der Waals surface area contributed by atoms with Gasteiger partial charge in [-0.2, -0.15) is 4.31 Å². The largest absolute Gasteiger partial charge is 0.331 e. The Balaban J connectivity index is 1.80. The summed E-state index contributed by atoms with van der Waals surface area (Å²) >= 11 is 7.67. The lowest BCUT2D eigenvalue weighted by Gasteiger charge is -2.18. The molecule has 0 saturated heterocycles. The number of aromatic nitrogens is 1. The molecule has 1 N–H and O–H groups in total. The maximum Gasteiger partial charge on any atom is 0.243 e. The molecule has 27 heavy (non-hydrogen) atoms. The van der Waals surface area contributed by atoms with Crippen molar-refractivity contribution < 1.29 is 8.42 Å². The lowest BCUT2D eigenvalue weighted by molar-refractivity contribution is 0.445. The maximum atomic E-state index is 12.5. The Labute approximate surface area is 168 Å². The monoisotopic (exact) mass is 421 g/mol. The molecule has 0 amide bonds. The first kappa shape index (κ1) is 19.8. The van der Waals surface area contributed by atoms with E-state index in [1.54, 1.807) is 24.3 Å². The minimum Gasteiger partial charge on any atom is -0.331 e. The number of rotatable bonds is 7. The minimum absolute atomic E-state index is 0.277. The van der Waals surface area contributed by atoms with Crippen molar-refractivity contribution in [1.82, 2.24) is 9.29 Å². The number of nitrogens with one attached hydrogen (secondary N) is 1. The van der Waals surface area contributed by atoms with Crippen LogP contribution in [0.2, 0.25) is 4.34 Å². The van der Waals surface area contributed by atoms with Gasteiger partial charge in [0.05, 0.1) is 4.90 Å². The highest BCUT2D eigenvalue weighted by molar-refractivity contribution is 7.89. The van der Waals surface area contributed by atoms with Crippen molar-refractivity contribution in [2.75, 3.05) is 18.4 Å². The van der Waals surface area contributed by atoms with Crippen LogP contribution in [0.5, 0.6) is 0 Å². The highest BCUT2D eigenvalue weighted by atomic mass is 35.5. The summed E-state index contributed by atoms with van der Waals surface area (Å²) in [6.07, 6.45) is 0. The molecular weight excluding hydrogens is 402 g/mol. The Kier molecular flexibility index (Phi) is 6.16.